The molecule has 2 rings (SSSR count). The predicted octanol–water partition coefficient (Wildman–Crippen LogP) is 4.48. The second kappa shape index (κ2) is 7.49. The number of hydrogen-bond donors (Lipinski definition) is 1. The number of halogens is 3. The Morgan fingerprint density at radius 1 is 1.19 bits per heavy atom. The van der Waals surface area contributed by atoms with Crippen LogP contribution in [0.15, 0.2) is 51.4 Å². The molecule has 1 atom stereocenters. The lowest BCUT2D eigenvalue weighted by molar-refractivity contribution is 0.241. The molecular weight excluding hydrogens is 399 g/mol. The number of likely N-dealkylation sites (N-methyl/N-ethyl adjacent to an activating group) is 1. The van der Waals surface area contributed by atoms with E-state index in [0.29, 0.717) is 11.0 Å². The van der Waals surface area contributed by atoms with Crippen LogP contribution in [0.2, 0.25) is 0 Å². The fourth-order valence-electron chi connectivity index (χ4n) is 2.32. The fraction of sp³-hybridized carbons (Fsp3) is 0.250. The van der Waals surface area contributed by atoms with E-state index in [9.17, 15) is 4.39 Å². The number of nitrogens with two attached hydrogens (primary N) is 1. The third-order valence-corrected chi connectivity index (χ3v) is 4.51. The maximum absolute atomic E-state index is 13.4. The molecule has 1 unspecified atom stereocenters. The predicted molar refractivity (Wildman–Crippen MR) is 91.5 cm³/mol. The fourth-order valence-corrected chi connectivity index (χ4v) is 3.17. The summed E-state index contributed by atoms with van der Waals surface area (Å²) < 4.78 is 14.9. The first-order valence-electron chi connectivity index (χ1n) is 6.61. The van der Waals surface area contributed by atoms with Crippen molar-refractivity contribution >= 4 is 31.9 Å². The van der Waals surface area contributed by atoms with Crippen molar-refractivity contribution in [2.45, 2.75) is 12.6 Å². The lowest BCUT2D eigenvalue weighted by Gasteiger charge is -2.27. The minimum Gasteiger partial charge on any atom is -0.329 e. The zero-order chi connectivity index (χ0) is 15.4. The van der Waals surface area contributed by atoms with Gasteiger partial charge in [0.25, 0.3) is 0 Å². The van der Waals surface area contributed by atoms with Gasteiger partial charge in [0.1, 0.15) is 5.82 Å². The standard InChI is InChI=1S/C16H17Br2FN2/c1-21(10-11-3-2-4-13(17)7-11)16(9-20)12-5-6-15(19)14(18)8-12/h2-8,16H,9-10,20H2,1H3. The van der Waals surface area contributed by atoms with Crippen LogP contribution in [0.5, 0.6) is 0 Å². The number of nitrogens with zero attached hydrogens (tertiary/aromatic N) is 1. The lowest BCUT2D eigenvalue weighted by Crippen LogP contribution is -2.30. The summed E-state index contributed by atoms with van der Waals surface area (Å²) in [4.78, 5) is 2.17. The van der Waals surface area contributed by atoms with Crippen molar-refractivity contribution in [3.8, 4) is 0 Å². The molecule has 0 heterocycles. The molecule has 0 aliphatic carbocycles. The molecule has 0 aliphatic heterocycles. The first-order valence-corrected chi connectivity index (χ1v) is 8.19. The topological polar surface area (TPSA) is 29.3 Å². The van der Waals surface area contributed by atoms with E-state index in [-0.39, 0.29) is 11.9 Å². The Morgan fingerprint density at radius 2 is 1.95 bits per heavy atom. The smallest absolute Gasteiger partial charge is 0.137 e. The molecule has 112 valence electrons. The molecule has 0 saturated heterocycles. The molecular formula is C16H17Br2FN2. The average Bonchev–Trinajstić information content (AvgIpc) is 2.43. The van der Waals surface area contributed by atoms with Gasteiger partial charge in [-0.1, -0.05) is 34.1 Å². The van der Waals surface area contributed by atoms with Crippen LogP contribution in [0.25, 0.3) is 0 Å². The van der Waals surface area contributed by atoms with E-state index in [1.807, 2.05) is 19.2 Å². The molecule has 0 saturated carbocycles. The van der Waals surface area contributed by atoms with E-state index in [1.54, 1.807) is 12.1 Å². The quantitative estimate of drug-likeness (QED) is 0.779. The van der Waals surface area contributed by atoms with Crippen molar-refractivity contribution in [2.75, 3.05) is 13.6 Å². The first-order chi connectivity index (χ1) is 10.0. The van der Waals surface area contributed by atoms with Crippen LogP contribution in [0.3, 0.4) is 0 Å². The Morgan fingerprint density at radius 3 is 2.57 bits per heavy atom. The van der Waals surface area contributed by atoms with Crippen LogP contribution in [0.1, 0.15) is 17.2 Å². The van der Waals surface area contributed by atoms with Crippen molar-refractivity contribution in [2.24, 2.45) is 5.73 Å². The lowest BCUT2D eigenvalue weighted by atomic mass is 10.0. The first kappa shape index (κ1) is 16.6. The molecule has 0 radical (unpaired) electrons. The minimum atomic E-state index is -0.260. The minimum absolute atomic E-state index is 0.0425. The van der Waals surface area contributed by atoms with Gasteiger partial charge in [0.2, 0.25) is 0 Å². The molecule has 0 bridgehead atoms. The van der Waals surface area contributed by atoms with Crippen molar-refractivity contribution in [3.63, 3.8) is 0 Å². The molecule has 21 heavy (non-hydrogen) atoms. The molecule has 0 fully saturated rings. The molecule has 2 aromatic carbocycles. The maximum atomic E-state index is 13.4. The number of benzene rings is 2. The van der Waals surface area contributed by atoms with Crippen molar-refractivity contribution in [1.82, 2.24) is 4.90 Å². The summed E-state index contributed by atoms with van der Waals surface area (Å²) in [5.74, 6) is -0.260. The highest BCUT2D eigenvalue weighted by Crippen LogP contribution is 2.25. The van der Waals surface area contributed by atoms with Crippen LogP contribution in [-0.2, 0) is 6.54 Å². The Kier molecular flexibility index (Phi) is 5.93. The Hall–Kier alpha value is -0.750. The summed E-state index contributed by atoms with van der Waals surface area (Å²) in [6.07, 6.45) is 0. The largest absolute Gasteiger partial charge is 0.329 e. The number of rotatable bonds is 5. The summed E-state index contributed by atoms with van der Waals surface area (Å²) in [5.41, 5.74) is 8.12. The van der Waals surface area contributed by atoms with Gasteiger partial charge in [-0.3, -0.25) is 4.90 Å². The highest BCUT2D eigenvalue weighted by molar-refractivity contribution is 9.10. The van der Waals surface area contributed by atoms with Crippen LogP contribution in [0, 0.1) is 5.82 Å². The van der Waals surface area contributed by atoms with E-state index >= 15 is 0 Å². The summed E-state index contributed by atoms with van der Waals surface area (Å²) in [6, 6.07) is 13.3. The Bertz CT molecular complexity index is 619. The summed E-state index contributed by atoms with van der Waals surface area (Å²) in [7, 11) is 2.02. The maximum Gasteiger partial charge on any atom is 0.137 e. The monoisotopic (exact) mass is 414 g/mol. The van der Waals surface area contributed by atoms with Crippen molar-refractivity contribution < 1.29 is 4.39 Å². The van der Waals surface area contributed by atoms with Crippen LogP contribution in [0.4, 0.5) is 4.39 Å². The molecule has 0 amide bonds. The van der Waals surface area contributed by atoms with E-state index < -0.39 is 0 Å². The second-order valence-electron chi connectivity index (χ2n) is 4.97. The molecule has 5 heteroatoms. The highest BCUT2D eigenvalue weighted by Gasteiger charge is 2.17. The van der Waals surface area contributed by atoms with Gasteiger partial charge in [0.05, 0.1) is 4.47 Å². The zero-order valence-corrected chi connectivity index (χ0v) is 14.9. The molecule has 2 aromatic rings. The third kappa shape index (κ3) is 4.36. The molecule has 0 aliphatic rings. The van der Waals surface area contributed by atoms with Gasteiger partial charge < -0.3 is 5.73 Å². The zero-order valence-electron chi connectivity index (χ0n) is 11.7. The van der Waals surface area contributed by atoms with Gasteiger partial charge in [-0.2, -0.15) is 0 Å². The second-order valence-corrected chi connectivity index (χ2v) is 6.74. The summed E-state index contributed by atoms with van der Waals surface area (Å²) in [6.45, 7) is 1.25. The summed E-state index contributed by atoms with van der Waals surface area (Å²) in [5, 5.41) is 0. The van der Waals surface area contributed by atoms with Crippen molar-refractivity contribution in [1.29, 1.82) is 0 Å². The van der Waals surface area contributed by atoms with Gasteiger partial charge in [-0.05, 0) is 58.4 Å². The van der Waals surface area contributed by atoms with Crippen LogP contribution >= 0.6 is 31.9 Å². The van der Waals surface area contributed by atoms with E-state index in [0.717, 1.165) is 16.6 Å². The molecule has 0 aromatic heterocycles. The van der Waals surface area contributed by atoms with Gasteiger partial charge in [-0.25, -0.2) is 4.39 Å². The van der Waals surface area contributed by atoms with E-state index in [1.165, 1.54) is 11.6 Å². The van der Waals surface area contributed by atoms with Crippen molar-refractivity contribution in [3.05, 3.63) is 68.4 Å². The average molecular weight is 416 g/mol. The van der Waals surface area contributed by atoms with Gasteiger partial charge in [0.15, 0.2) is 0 Å². The van der Waals surface area contributed by atoms with Crippen LogP contribution in [-0.4, -0.2) is 18.5 Å². The molecule has 0 spiro atoms. The number of hydrogen-bond acceptors (Lipinski definition) is 2. The van der Waals surface area contributed by atoms with Gasteiger partial charge in [-0.15, -0.1) is 0 Å². The Labute approximate surface area is 141 Å². The molecule has 2 nitrogen and oxygen atoms in total. The normalized spacial score (nSPS) is 12.7. The highest BCUT2D eigenvalue weighted by atomic mass is 79.9. The summed E-state index contributed by atoms with van der Waals surface area (Å²) >= 11 is 6.71. The third-order valence-electron chi connectivity index (χ3n) is 3.40. The molecule has 2 N–H and O–H groups in total. The van der Waals surface area contributed by atoms with Gasteiger partial charge in [0, 0.05) is 23.6 Å². The van der Waals surface area contributed by atoms with E-state index in [4.69, 9.17) is 5.73 Å². The van der Waals surface area contributed by atoms with Gasteiger partial charge >= 0.3 is 0 Å². The SMILES string of the molecule is CN(Cc1cccc(Br)c1)C(CN)c1ccc(F)c(Br)c1. The van der Waals surface area contributed by atoms with E-state index in [2.05, 4.69) is 48.9 Å². The van der Waals surface area contributed by atoms with Crippen LogP contribution < -0.4 is 5.73 Å². The Balaban J connectivity index is 2.18.